The molecule has 3 aromatic rings. The summed E-state index contributed by atoms with van der Waals surface area (Å²) >= 11 is 0. The molecule has 0 aliphatic carbocycles. The topological polar surface area (TPSA) is 113 Å². The Morgan fingerprint density at radius 1 is 1.11 bits per heavy atom. The first kappa shape index (κ1) is 16.6. The van der Waals surface area contributed by atoms with Crippen molar-refractivity contribution in [1.82, 2.24) is 4.98 Å². The van der Waals surface area contributed by atoms with Crippen molar-refractivity contribution in [2.24, 2.45) is 10.7 Å². The number of carbonyl (C=O) groups excluding carboxylic acids is 2. The average Bonchev–Trinajstić information content (AvgIpc) is 3.08. The van der Waals surface area contributed by atoms with Crippen LogP contribution in [0, 0.1) is 5.41 Å². The zero-order valence-corrected chi connectivity index (χ0v) is 14.2. The van der Waals surface area contributed by atoms with Crippen LogP contribution in [0.15, 0.2) is 59.7 Å². The van der Waals surface area contributed by atoms with Gasteiger partial charge in [-0.3, -0.25) is 20.1 Å². The fourth-order valence-electron chi connectivity index (χ4n) is 2.99. The van der Waals surface area contributed by atoms with Gasteiger partial charge in [0.25, 0.3) is 0 Å². The van der Waals surface area contributed by atoms with Gasteiger partial charge in [0.15, 0.2) is 6.29 Å². The lowest BCUT2D eigenvalue weighted by atomic mass is 10.0. The molecular weight excluding hydrogens is 342 g/mol. The fraction of sp³-hybridized carbons (Fsp3) is 0.0500. The second-order valence-electron chi connectivity index (χ2n) is 6.18. The molecule has 132 valence electrons. The molecule has 1 aliphatic rings. The van der Waals surface area contributed by atoms with Crippen molar-refractivity contribution < 1.29 is 9.59 Å². The smallest absolute Gasteiger partial charge is 0.348 e. The molecule has 0 saturated heterocycles. The number of anilines is 1. The molecule has 0 bridgehead atoms. The van der Waals surface area contributed by atoms with E-state index >= 15 is 0 Å². The van der Waals surface area contributed by atoms with Crippen molar-refractivity contribution in [3.8, 4) is 11.3 Å². The van der Waals surface area contributed by atoms with Crippen molar-refractivity contribution in [2.45, 2.75) is 0 Å². The van der Waals surface area contributed by atoms with E-state index in [-0.39, 0.29) is 18.1 Å². The predicted octanol–water partition coefficient (Wildman–Crippen LogP) is 2.77. The molecule has 2 aromatic carbocycles. The number of nitrogens with two attached hydrogens (primary N) is 1. The third kappa shape index (κ3) is 3.06. The average molecular weight is 357 g/mol. The van der Waals surface area contributed by atoms with Crippen molar-refractivity contribution in [3.63, 3.8) is 0 Å². The van der Waals surface area contributed by atoms with E-state index in [1.807, 2.05) is 30.3 Å². The first-order valence-corrected chi connectivity index (χ1v) is 8.24. The van der Waals surface area contributed by atoms with Crippen LogP contribution in [0.3, 0.4) is 0 Å². The van der Waals surface area contributed by atoms with Gasteiger partial charge in [-0.05, 0) is 29.7 Å². The minimum atomic E-state index is -0.435. The van der Waals surface area contributed by atoms with E-state index in [1.54, 1.807) is 24.4 Å². The number of aliphatic imine (C=N–C) groups is 1. The predicted molar refractivity (Wildman–Crippen MR) is 104 cm³/mol. The number of hydrogen-bond acceptors (Lipinski definition) is 4. The number of benzene rings is 2. The molecular formula is C20H15N5O2. The highest BCUT2D eigenvalue weighted by Crippen LogP contribution is 2.26. The molecule has 27 heavy (non-hydrogen) atoms. The molecule has 7 heteroatoms. The van der Waals surface area contributed by atoms with Crippen molar-refractivity contribution in [1.29, 1.82) is 5.41 Å². The van der Waals surface area contributed by atoms with Crippen LogP contribution in [0.4, 0.5) is 10.5 Å². The highest BCUT2D eigenvalue weighted by Gasteiger charge is 2.24. The monoisotopic (exact) mass is 357 g/mol. The van der Waals surface area contributed by atoms with E-state index in [0.29, 0.717) is 17.5 Å². The molecule has 2 amide bonds. The molecule has 1 aliphatic heterocycles. The SMILES string of the molecule is N=C(N)c1ccc2cc(-c3ccc(N4CC(C=O)=NC4=O)cc3)ncc2c1. The van der Waals surface area contributed by atoms with Crippen LogP contribution in [-0.4, -0.2) is 35.4 Å². The number of rotatable bonds is 4. The zero-order chi connectivity index (χ0) is 19.0. The number of carbonyl (C=O) groups is 2. The first-order chi connectivity index (χ1) is 13.0. The Kier molecular flexibility index (Phi) is 3.97. The minimum Gasteiger partial charge on any atom is -0.384 e. The molecule has 0 fully saturated rings. The molecule has 0 atom stereocenters. The number of pyridine rings is 1. The summed E-state index contributed by atoms with van der Waals surface area (Å²) in [4.78, 5) is 32.3. The molecule has 4 rings (SSSR count). The van der Waals surface area contributed by atoms with Crippen LogP contribution >= 0.6 is 0 Å². The quantitative estimate of drug-likeness (QED) is 0.425. The first-order valence-electron chi connectivity index (χ1n) is 8.24. The summed E-state index contributed by atoms with van der Waals surface area (Å²) in [5, 5.41) is 9.42. The Morgan fingerprint density at radius 3 is 2.56 bits per heavy atom. The van der Waals surface area contributed by atoms with Crippen molar-refractivity contribution in [2.75, 3.05) is 11.4 Å². The van der Waals surface area contributed by atoms with Crippen molar-refractivity contribution in [3.05, 3.63) is 60.3 Å². The van der Waals surface area contributed by atoms with Crippen molar-refractivity contribution >= 4 is 40.3 Å². The lowest BCUT2D eigenvalue weighted by Crippen LogP contribution is -2.26. The summed E-state index contributed by atoms with van der Waals surface area (Å²) in [5.41, 5.74) is 8.79. The molecule has 7 nitrogen and oxygen atoms in total. The lowest BCUT2D eigenvalue weighted by Gasteiger charge is -2.14. The second-order valence-corrected chi connectivity index (χ2v) is 6.18. The molecule has 0 unspecified atom stereocenters. The Labute approximate surface area is 154 Å². The van der Waals surface area contributed by atoms with Gasteiger partial charge in [0.05, 0.1) is 12.2 Å². The third-order valence-electron chi connectivity index (χ3n) is 4.43. The number of fused-ring (bicyclic) bond motifs is 1. The standard InChI is InChI=1S/C20H15N5O2/c21-19(22)14-2-1-13-8-18(23-9-15(13)7-14)12-3-5-17(6-4-12)25-10-16(11-26)24-20(25)27/h1-9,11H,10H2,(H3,21,22). The van der Waals surface area contributed by atoms with Crippen LogP contribution in [0.1, 0.15) is 5.56 Å². The summed E-state index contributed by atoms with van der Waals surface area (Å²) in [6.07, 6.45) is 2.35. The summed E-state index contributed by atoms with van der Waals surface area (Å²) in [7, 11) is 0. The molecule has 0 radical (unpaired) electrons. The highest BCUT2D eigenvalue weighted by molar-refractivity contribution is 6.36. The van der Waals surface area contributed by atoms with Gasteiger partial charge in [0.2, 0.25) is 0 Å². The Balaban J connectivity index is 1.62. The van der Waals surface area contributed by atoms with E-state index in [4.69, 9.17) is 11.1 Å². The number of aldehydes is 1. The van der Waals surface area contributed by atoms with Gasteiger partial charge < -0.3 is 5.73 Å². The maximum Gasteiger partial charge on any atom is 0.348 e. The number of urea groups is 1. The maximum atomic E-state index is 11.9. The number of amidine groups is 1. The van der Waals surface area contributed by atoms with E-state index < -0.39 is 6.03 Å². The highest BCUT2D eigenvalue weighted by atomic mass is 16.2. The van der Waals surface area contributed by atoms with Gasteiger partial charge in [-0.1, -0.05) is 24.3 Å². The number of hydrogen-bond donors (Lipinski definition) is 2. The van der Waals surface area contributed by atoms with Gasteiger partial charge in [-0.2, -0.15) is 4.99 Å². The van der Waals surface area contributed by atoms with Gasteiger partial charge in [-0.25, -0.2) is 4.79 Å². The zero-order valence-electron chi connectivity index (χ0n) is 14.2. The molecule has 1 aromatic heterocycles. The molecule has 2 heterocycles. The normalized spacial score (nSPS) is 13.7. The molecule has 0 saturated carbocycles. The second kappa shape index (κ2) is 6.45. The van der Waals surface area contributed by atoms with Gasteiger partial charge in [-0.15, -0.1) is 0 Å². The summed E-state index contributed by atoms with van der Waals surface area (Å²) in [6.45, 7) is 0.189. The van der Waals surface area contributed by atoms with E-state index in [9.17, 15) is 9.59 Å². The number of nitrogen functional groups attached to an aromatic ring is 1. The Hall–Kier alpha value is -3.87. The number of nitrogens with one attached hydrogen (secondary N) is 1. The summed E-state index contributed by atoms with van der Waals surface area (Å²) in [6, 6.07) is 14.4. The molecule has 0 spiro atoms. The lowest BCUT2D eigenvalue weighted by molar-refractivity contribution is -0.102. The largest absolute Gasteiger partial charge is 0.384 e. The molecule has 3 N–H and O–H groups in total. The van der Waals surface area contributed by atoms with E-state index in [2.05, 4.69) is 9.98 Å². The van der Waals surface area contributed by atoms with Gasteiger partial charge >= 0.3 is 6.03 Å². The Morgan fingerprint density at radius 2 is 1.89 bits per heavy atom. The minimum absolute atomic E-state index is 0.0229. The van der Waals surface area contributed by atoms with E-state index in [0.717, 1.165) is 22.0 Å². The fourth-order valence-corrected chi connectivity index (χ4v) is 2.99. The van der Waals surface area contributed by atoms with Crippen LogP contribution in [0.2, 0.25) is 0 Å². The summed E-state index contributed by atoms with van der Waals surface area (Å²) in [5.74, 6) is 0.0229. The number of amides is 2. The van der Waals surface area contributed by atoms with Crippen LogP contribution in [0.25, 0.3) is 22.0 Å². The van der Waals surface area contributed by atoms with Gasteiger partial charge in [0, 0.05) is 28.4 Å². The number of aromatic nitrogens is 1. The van der Waals surface area contributed by atoms with Crippen LogP contribution in [-0.2, 0) is 4.79 Å². The maximum absolute atomic E-state index is 11.9. The van der Waals surface area contributed by atoms with Gasteiger partial charge in [0.1, 0.15) is 11.5 Å². The number of nitrogens with zero attached hydrogens (tertiary/aromatic N) is 3. The van der Waals surface area contributed by atoms with Crippen LogP contribution < -0.4 is 10.6 Å². The third-order valence-corrected chi connectivity index (χ3v) is 4.43. The Bertz CT molecular complexity index is 1120. The van der Waals surface area contributed by atoms with Crippen LogP contribution in [0.5, 0.6) is 0 Å². The summed E-state index contributed by atoms with van der Waals surface area (Å²) < 4.78 is 0. The van der Waals surface area contributed by atoms with E-state index in [1.165, 1.54) is 4.90 Å².